The smallest absolute Gasteiger partial charge is 0.334 e. The molecule has 1 N–H and O–H groups in total. The third kappa shape index (κ3) is 3.43. The van der Waals surface area contributed by atoms with Crippen LogP contribution in [0.3, 0.4) is 0 Å². The van der Waals surface area contributed by atoms with E-state index in [4.69, 9.17) is 18.9 Å². The van der Waals surface area contributed by atoms with Gasteiger partial charge in [-0.05, 0) is 20.8 Å². The topological polar surface area (TPSA) is 91.3 Å². The Hall–Kier alpha value is -1.96. The van der Waals surface area contributed by atoms with E-state index in [0.29, 0.717) is 18.4 Å². The fourth-order valence-electron chi connectivity index (χ4n) is 4.38. The molecule has 0 aliphatic carbocycles. The van der Waals surface area contributed by atoms with Gasteiger partial charge in [0.25, 0.3) is 0 Å². The molecule has 3 aliphatic rings. The Morgan fingerprint density at radius 1 is 1.39 bits per heavy atom. The fraction of sp³-hybridized carbons (Fsp3) is 0.619. The summed E-state index contributed by atoms with van der Waals surface area (Å²) in [4.78, 5) is 24.8. The van der Waals surface area contributed by atoms with Crippen molar-refractivity contribution in [3.63, 3.8) is 0 Å². The van der Waals surface area contributed by atoms with E-state index >= 15 is 0 Å². The zero-order valence-corrected chi connectivity index (χ0v) is 16.8. The number of esters is 2. The number of hydrogen-bond donors (Lipinski definition) is 1. The molecule has 0 spiro atoms. The maximum Gasteiger partial charge on any atom is 0.334 e. The van der Waals surface area contributed by atoms with Crippen LogP contribution in [0.15, 0.2) is 36.0 Å². The van der Waals surface area contributed by atoms with Gasteiger partial charge in [0, 0.05) is 37.5 Å². The van der Waals surface area contributed by atoms with Crippen molar-refractivity contribution in [3.8, 4) is 0 Å². The minimum atomic E-state index is -1.31. The highest BCUT2D eigenvalue weighted by atomic mass is 16.7. The van der Waals surface area contributed by atoms with Gasteiger partial charge in [0.1, 0.15) is 18.3 Å². The molecule has 0 unspecified atom stereocenters. The highest BCUT2D eigenvalue weighted by molar-refractivity contribution is 5.91. The average Bonchev–Trinajstić information content (AvgIpc) is 3.07. The van der Waals surface area contributed by atoms with Gasteiger partial charge < -0.3 is 24.1 Å². The second-order valence-electron chi connectivity index (χ2n) is 8.15. The molecule has 0 aromatic rings. The molecule has 7 nitrogen and oxygen atoms in total. The Bertz CT molecular complexity index is 750. The SMILES string of the molecule is C=C1C[C@H](OC(=O)/C(C)=C/C)[C@H]2C(=C)C(=O)O[C@@H]2[C@@H]2O[C@@](OC)(C1)C[C@@]2(C)O. The Labute approximate surface area is 165 Å². The summed E-state index contributed by atoms with van der Waals surface area (Å²) in [5, 5.41) is 11.0. The molecule has 3 saturated heterocycles. The summed E-state index contributed by atoms with van der Waals surface area (Å²) in [6.45, 7) is 13.0. The van der Waals surface area contributed by atoms with Crippen LogP contribution in [0.5, 0.6) is 0 Å². The lowest BCUT2D eigenvalue weighted by molar-refractivity contribution is -0.229. The first-order valence-corrected chi connectivity index (χ1v) is 9.39. The quantitative estimate of drug-likeness (QED) is 0.447. The Kier molecular flexibility index (Phi) is 5.29. The third-order valence-corrected chi connectivity index (χ3v) is 5.94. The van der Waals surface area contributed by atoms with E-state index in [1.54, 1.807) is 26.8 Å². The predicted molar refractivity (Wildman–Crippen MR) is 100 cm³/mol. The van der Waals surface area contributed by atoms with Gasteiger partial charge in [0.2, 0.25) is 0 Å². The molecular weight excluding hydrogens is 364 g/mol. The van der Waals surface area contributed by atoms with Crippen LogP contribution in [0.1, 0.15) is 40.0 Å². The molecule has 0 saturated carbocycles. The van der Waals surface area contributed by atoms with Crippen LogP contribution in [0.2, 0.25) is 0 Å². The zero-order valence-electron chi connectivity index (χ0n) is 16.8. The first-order valence-electron chi connectivity index (χ1n) is 9.39. The van der Waals surface area contributed by atoms with Crippen LogP contribution < -0.4 is 0 Å². The molecule has 7 heteroatoms. The van der Waals surface area contributed by atoms with E-state index < -0.39 is 47.6 Å². The van der Waals surface area contributed by atoms with Gasteiger partial charge in [-0.2, -0.15) is 0 Å². The normalized spacial score (nSPS) is 41.0. The van der Waals surface area contributed by atoms with Gasteiger partial charge in [-0.1, -0.05) is 24.8 Å². The van der Waals surface area contributed by atoms with Crippen molar-refractivity contribution in [2.75, 3.05) is 7.11 Å². The first-order chi connectivity index (χ1) is 13.0. The van der Waals surface area contributed by atoms with Crippen molar-refractivity contribution < 1.29 is 33.6 Å². The fourth-order valence-corrected chi connectivity index (χ4v) is 4.38. The Morgan fingerprint density at radius 3 is 2.68 bits per heavy atom. The summed E-state index contributed by atoms with van der Waals surface area (Å²) in [7, 11) is 1.51. The van der Waals surface area contributed by atoms with E-state index in [2.05, 4.69) is 13.2 Å². The van der Waals surface area contributed by atoms with E-state index in [-0.39, 0.29) is 12.0 Å². The molecule has 6 atom stereocenters. The molecule has 0 aromatic carbocycles. The average molecular weight is 392 g/mol. The summed E-state index contributed by atoms with van der Waals surface area (Å²) in [5.74, 6) is -2.80. The van der Waals surface area contributed by atoms with Crippen molar-refractivity contribution >= 4 is 11.9 Å². The van der Waals surface area contributed by atoms with Gasteiger partial charge in [-0.25, -0.2) is 9.59 Å². The van der Waals surface area contributed by atoms with Crippen LogP contribution in [0, 0.1) is 5.92 Å². The largest absolute Gasteiger partial charge is 0.458 e. The van der Waals surface area contributed by atoms with Crippen LogP contribution in [-0.4, -0.2) is 53.9 Å². The van der Waals surface area contributed by atoms with Crippen molar-refractivity contribution in [3.05, 3.63) is 36.0 Å². The van der Waals surface area contributed by atoms with Crippen LogP contribution >= 0.6 is 0 Å². The molecule has 3 heterocycles. The molecule has 3 fully saturated rings. The molecule has 28 heavy (non-hydrogen) atoms. The number of methoxy groups -OCH3 is 1. The van der Waals surface area contributed by atoms with E-state index in [1.165, 1.54) is 7.11 Å². The monoisotopic (exact) mass is 392 g/mol. The van der Waals surface area contributed by atoms with Gasteiger partial charge >= 0.3 is 11.9 Å². The Morgan fingerprint density at radius 2 is 2.07 bits per heavy atom. The minimum Gasteiger partial charge on any atom is -0.458 e. The molecular formula is C21H28O7. The molecule has 0 aromatic heterocycles. The number of carbonyl (C=O) groups is 2. The molecule has 154 valence electrons. The standard InChI is InChI=1S/C21H28O7/c1-7-12(3)18(22)26-14-8-11(2)9-21(25-6)10-20(5,24)17(28-21)16-15(14)13(4)19(23)27-16/h7,14-17,24H,2,4,8-10H2,1,3,5-6H3/b12-7+/t14-,15+,16-,17-,20+,21-/m0/s1. The molecule has 3 rings (SSSR count). The number of fused-ring (bicyclic) bond motifs is 4. The van der Waals surface area contributed by atoms with Crippen molar-refractivity contribution in [2.24, 2.45) is 5.92 Å². The van der Waals surface area contributed by atoms with Crippen LogP contribution in [0.25, 0.3) is 0 Å². The van der Waals surface area contributed by atoms with Gasteiger partial charge in [-0.3, -0.25) is 0 Å². The molecule has 2 bridgehead atoms. The number of allylic oxidation sites excluding steroid dienone is 1. The van der Waals surface area contributed by atoms with E-state index in [1.807, 2.05) is 0 Å². The number of aliphatic hydroxyl groups is 1. The summed E-state index contributed by atoms with van der Waals surface area (Å²) in [5.41, 5.74) is 0.0675. The van der Waals surface area contributed by atoms with Crippen molar-refractivity contribution in [1.82, 2.24) is 0 Å². The highest BCUT2D eigenvalue weighted by Gasteiger charge is 2.62. The predicted octanol–water partition coefficient (Wildman–Crippen LogP) is 2.19. The summed E-state index contributed by atoms with van der Waals surface area (Å²) in [6.07, 6.45) is 0.0826. The molecule has 0 amide bonds. The second-order valence-corrected chi connectivity index (χ2v) is 8.15. The highest BCUT2D eigenvalue weighted by Crippen LogP contribution is 2.50. The van der Waals surface area contributed by atoms with E-state index in [0.717, 1.165) is 5.57 Å². The lowest BCUT2D eigenvalue weighted by Gasteiger charge is -2.33. The molecule has 3 aliphatic heterocycles. The first kappa shape index (κ1) is 20.8. The summed E-state index contributed by atoms with van der Waals surface area (Å²) < 4.78 is 23.0. The minimum absolute atomic E-state index is 0.199. The number of rotatable bonds is 3. The number of carbonyl (C=O) groups excluding carboxylic acids is 2. The lowest BCUT2D eigenvalue weighted by Crippen LogP contribution is -2.49. The maximum atomic E-state index is 12.4. The lowest BCUT2D eigenvalue weighted by atomic mass is 9.78. The van der Waals surface area contributed by atoms with Crippen LogP contribution in [0.4, 0.5) is 0 Å². The van der Waals surface area contributed by atoms with Gasteiger partial charge in [0.05, 0.1) is 11.5 Å². The second kappa shape index (κ2) is 7.13. The van der Waals surface area contributed by atoms with Crippen molar-refractivity contribution in [2.45, 2.75) is 69.7 Å². The van der Waals surface area contributed by atoms with E-state index in [9.17, 15) is 14.7 Å². The van der Waals surface area contributed by atoms with Gasteiger partial charge in [-0.15, -0.1) is 0 Å². The number of ether oxygens (including phenoxy) is 4. The summed E-state index contributed by atoms with van der Waals surface area (Å²) in [6, 6.07) is 0. The summed E-state index contributed by atoms with van der Waals surface area (Å²) >= 11 is 0. The van der Waals surface area contributed by atoms with Gasteiger partial charge in [0.15, 0.2) is 5.79 Å². The Balaban J connectivity index is 2.04. The third-order valence-electron chi connectivity index (χ3n) is 5.94. The van der Waals surface area contributed by atoms with Crippen molar-refractivity contribution in [1.29, 1.82) is 0 Å². The van der Waals surface area contributed by atoms with Crippen LogP contribution in [-0.2, 0) is 28.5 Å². The zero-order chi connectivity index (χ0) is 20.9. The number of hydrogen-bond acceptors (Lipinski definition) is 7. The maximum absolute atomic E-state index is 12.4. The molecule has 0 radical (unpaired) electrons.